The lowest BCUT2D eigenvalue weighted by Gasteiger charge is -2.31. The number of rotatable bonds is 3. The average Bonchev–Trinajstić information content (AvgIpc) is 3.26. The van der Waals surface area contributed by atoms with Crippen LogP contribution in [0.4, 0.5) is 16.2 Å². The monoisotopic (exact) mass is 573 g/mol. The summed E-state index contributed by atoms with van der Waals surface area (Å²) in [5, 5.41) is 3.50. The van der Waals surface area contributed by atoms with E-state index in [1.54, 1.807) is 34.1 Å². The highest BCUT2D eigenvalue weighted by Gasteiger charge is 2.44. The van der Waals surface area contributed by atoms with Crippen molar-refractivity contribution in [3.8, 4) is 0 Å². The van der Waals surface area contributed by atoms with Crippen LogP contribution >= 0.6 is 11.6 Å². The molecule has 3 aromatic rings. The molecule has 3 aromatic carbocycles. The molecule has 2 heterocycles. The number of halogens is 1. The molecule has 0 saturated carbocycles. The number of nitrogens with one attached hydrogen (secondary N) is 1. The molecule has 2 unspecified atom stereocenters. The molecule has 0 spiro atoms. The molecule has 8 heteroatoms. The second kappa shape index (κ2) is 11.2. The van der Waals surface area contributed by atoms with E-state index in [2.05, 4.69) is 5.32 Å². The summed E-state index contributed by atoms with van der Waals surface area (Å²) in [6, 6.07) is 18.1. The molecule has 2 aliphatic rings. The first-order chi connectivity index (χ1) is 19.4. The summed E-state index contributed by atoms with van der Waals surface area (Å²) < 4.78 is 5.73. The van der Waals surface area contributed by atoms with E-state index in [9.17, 15) is 14.4 Å². The number of fused-ring (bicyclic) bond motifs is 3. The molecule has 0 aromatic heterocycles. The van der Waals surface area contributed by atoms with E-state index in [-0.39, 0.29) is 29.9 Å². The Morgan fingerprint density at radius 2 is 1.63 bits per heavy atom. The fraction of sp³-hybridized carbons (Fsp3) is 0.364. The number of carbonyl (C=O) groups excluding carboxylic acids is 3. The molecule has 41 heavy (non-hydrogen) atoms. The van der Waals surface area contributed by atoms with Gasteiger partial charge in [0, 0.05) is 46.2 Å². The number of ether oxygens (including phenoxy) is 1. The van der Waals surface area contributed by atoms with Crippen LogP contribution in [0, 0.1) is 19.8 Å². The third-order valence-corrected chi connectivity index (χ3v) is 8.06. The van der Waals surface area contributed by atoms with Gasteiger partial charge in [0.1, 0.15) is 5.60 Å². The zero-order valence-corrected chi connectivity index (χ0v) is 24.9. The summed E-state index contributed by atoms with van der Waals surface area (Å²) in [4.78, 5) is 43.6. The molecule has 3 amide bonds. The molecular weight excluding hydrogens is 538 g/mol. The highest BCUT2D eigenvalue weighted by molar-refractivity contribution is 6.30. The third-order valence-electron chi connectivity index (χ3n) is 7.82. The summed E-state index contributed by atoms with van der Waals surface area (Å²) in [6.45, 7) is 10.5. The fourth-order valence-electron chi connectivity index (χ4n) is 5.89. The van der Waals surface area contributed by atoms with Crippen LogP contribution in [0.1, 0.15) is 77.1 Å². The zero-order valence-electron chi connectivity index (χ0n) is 24.2. The number of hydrogen-bond acceptors (Lipinski definition) is 4. The molecule has 0 radical (unpaired) electrons. The van der Waals surface area contributed by atoms with Crippen molar-refractivity contribution in [1.29, 1.82) is 0 Å². The first kappa shape index (κ1) is 28.7. The standard InChI is InChI=1S/C33H36ClN3O4/c1-20-8-6-7-9-25(20)30(38)35-24-11-12-26(21(2)18-24)31(39)36-16-14-22-15-17-37(32(40)41-33(3,4)5)29(22)27-19-23(34)10-13-28(27)36/h6-13,18-19,22,29H,14-17H2,1-5H3,(H,35,38). The molecule has 1 fully saturated rings. The third kappa shape index (κ3) is 5.96. The smallest absolute Gasteiger partial charge is 0.410 e. The van der Waals surface area contributed by atoms with Crippen molar-refractivity contribution in [3.05, 3.63) is 93.5 Å². The van der Waals surface area contributed by atoms with Gasteiger partial charge in [-0.25, -0.2) is 4.79 Å². The van der Waals surface area contributed by atoms with Crippen molar-refractivity contribution in [2.24, 2.45) is 5.92 Å². The zero-order chi connectivity index (χ0) is 29.5. The van der Waals surface area contributed by atoms with Crippen LogP contribution in [0.3, 0.4) is 0 Å². The second-order valence-corrected chi connectivity index (χ2v) is 12.4. The predicted molar refractivity (Wildman–Crippen MR) is 162 cm³/mol. The molecule has 2 aliphatic heterocycles. The number of anilines is 2. The maximum atomic E-state index is 14.0. The van der Waals surface area contributed by atoms with Gasteiger partial charge >= 0.3 is 6.09 Å². The number of aryl methyl sites for hydroxylation is 2. The highest BCUT2D eigenvalue weighted by atomic mass is 35.5. The summed E-state index contributed by atoms with van der Waals surface area (Å²) in [6.07, 6.45) is 1.22. The fourth-order valence-corrected chi connectivity index (χ4v) is 6.07. The van der Waals surface area contributed by atoms with Gasteiger partial charge in [-0.15, -0.1) is 0 Å². The van der Waals surface area contributed by atoms with E-state index in [0.29, 0.717) is 34.9 Å². The largest absolute Gasteiger partial charge is 0.444 e. The molecule has 5 rings (SSSR count). The van der Waals surface area contributed by atoms with E-state index in [1.165, 1.54) is 0 Å². The Balaban J connectivity index is 1.43. The Bertz CT molecular complexity index is 1510. The van der Waals surface area contributed by atoms with Crippen molar-refractivity contribution < 1.29 is 19.1 Å². The Labute approximate surface area is 246 Å². The summed E-state index contributed by atoms with van der Waals surface area (Å²) in [7, 11) is 0. The van der Waals surface area contributed by atoms with E-state index >= 15 is 0 Å². The lowest BCUT2D eigenvalue weighted by atomic mass is 9.92. The van der Waals surface area contributed by atoms with Crippen LogP contribution in [-0.4, -0.2) is 41.5 Å². The summed E-state index contributed by atoms with van der Waals surface area (Å²) in [5.41, 5.74) is 4.43. The number of benzene rings is 3. The van der Waals surface area contributed by atoms with Crippen LogP contribution in [0.15, 0.2) is 60.7 Å². The Kier molecular flexibility index (Phi) is 7.84. The van der Waals surface area contributed by atoms with E-state index in [1.807, 2.05) is 71.0 Å². The Hall–Kier alpha value is -3.84. The minimum Gasteiger partial charge on any atom is -0.444 e. The lowest BCUT2D eigenvalue weighted by Crippen LogP contribution is -2.37. The van der Waals surface area contributed by atoms with Gasteiger partial charge in [-0.3, -0.25) is 9.59 Å². The normalized spacial score (nSPS) is 18.3. The Morgan fingerprint density at radius 3 is 2.34 bits per heavy atom. The molecule has 2 atom stereocenters. The number of likely N-dealkylation sites (tertiary alicyclic amines) is 1. The van der Waals surface area contributed by atoms with Crippen molar-refractivity contribution in [2.75, 3.05) is 23.3 Å². The SMILES string of the molecule is Cc1ccccc1C(=O)Nc1ccc(C(=O)N2CCC3CCN(C(=O)OC(C)(C)C)C3c3cc(Cl)ccc32)c(C)c1. The topological polar surface area (TPSA) is 79.0 Å². The van der Waals surface area contributed by atoms with E-state index in [0.717, 1.165) is 35.2 Å². The Morgan fingerprint density at radius 1 is 0.902 bits per heavy atom. The van der Waals surface area contributed by atoms with Crippen molar-refractivity contribution in [1.82, 2.24) is 4.90 Å². The second-order valence-electron chi connectivity index (χ2n) is 11.9. The molecule has 1 saturated heterocycles. The first-order valence-corrected chi connectivity index (χ1v) is 14.4. The van der Waals surface area contributed by atoms with E-state index in [4.69, 9.17) is 16.3 Å². The molecule has 214 valence electrons. The first-order valence-electron chi connectivity index (χ1n) is 14.0. The van der Waals surface area contributed by atoms with Crippen LogP contribution in [0.2, 0.25) is 5.02 Å². The summed E-state index contributed by atoms with van der Waals surface area (Å²) in [5.74, 6) is -0.148. The van der Waals surface area contributed by atoms with Gasteiger partial charge in [0.25, 0.3) is 11.8 Å². The molecule has 7 nitrogen and oxygen atoms in total. The van der Waals surface area contributed by atoms with Gasteiger partial charge in [0.15, 0.2) is 0 Å². The maximum Gasteiger partial charge on any atom is 0.410 e. The minimum absolute atomic E-state index is 0.133. The number of nitrogens with zero attached hydrogens (tertiary/aromatic N) is 2. The quantitative estimate of drug-likeness (QED) is 0.351. The van der Waals surface area contributed by atoms with Gasteiger partial charge in [-0.05, 0) is 107 Å². The molecule has 1 N–H and O–H groups in total. The maximum absolute atomic E-state index is 14.0. The van der Waals surface area contributed by atoms with Gasteiger partial charge in [-0.1, -0.05) is 29.8 Å². The van der Waals surface area contributed by atoms with Crippen LogP contribution < -0.4 is 10.2 Å². The molecule has 0 bridgehead atoms. The number of amides is 3. The molecule has 0 aliphatic carbocycles. The average molecular weight is 574 g/mol. The highest BCUT2D eigenvalue weighted by Crippen LogP contribution is 2.47. The van der Waals surface area contributed by atoms with Crippen molar-refractivity contribution in [2.45, 2.75) is 59.1 Å². The van der Waals surface area contributed by atoms with Crippen LogP contribution in [0.25, 0.3) is 0 Å². The molecular formula is C33H36ClN3O4. The van der Waals surface area contributed by atoms with Crippen LogP contribution in [0.5, 0.6) is 0 Å². The van der Waals surface area contributed by atoms with Gasteiger partial charge in [-0.2, -0.15) is 0 Å². The van der Waals surface area contributed by atoms with Crippen molar-refractivity contribution in [3.63, 3.8) is 0 Å². The number of hydrogen-bond donors (Lipinski definition) is 1. The lowest BCUT2D eigenvalue weighted by molar-refractivity contribution is 0.0205. The van der Waals surface area contributed by atoms with Gasteiger partial charge in [0.05, 0.1) is 6.04 Å². The predicted octanol–water partition coefficient (Wildman–Crippen LogP) is 7.56. The summed E-state index contributed by atoms with van der Waals surface area (Å²) >= 11 is 6.46. The van der Waals surface area contributed by atoms with Gasteiger partial charge in [0.2, 0.25) is 0 Å². The minimum atomic E-state index is -0.609. The van der Waals surface area contributed by atoms with Crippen molar-refractivity contribution >= 4 is 40.9 Å². The van der Waals surface area contributed by atoms with Gasteiger partial charge < -0.3 is 19.9 Å². The van der Waals surface area contributed by atoms with E-state index < -0.39 is 5.60 Å². The van der Waals surface area contributed by atoms with Crippen LogP contribution in [-0.2, 0) is 4.74 Å². The number of carbonyl (C=O) groups is 3.